The molecule has 2 aliphatic rings. The van der Waals surface area contributed by atoms with Gasteiger partial charge >= 0.3 is 0 Å². The molecule has 1 aromatic heterocycles. The first kappa shape index (κ1) is 16.1. The number of carbonyl (C=O) groups excluding carboxylic acids is 1. The lowest BCUT2D eigenvalue weighted by Gasteiger charge is -2.36. The Labute approximate surface area is 148 Å². The van der Waals surface area contributed by atoms with E-state index in [1.807, 2.05) is 35.2 Å². The summed E-state index contributed by atoms with van der Waals surface area (Å²) in [5.41, 5.74) is 1.91. The molecule has 4 rings (SSSR count). The minimum atomic E-state index is 0.0749. The third-order valence-electron chi connectivity index (χ3n) is 5.11. The Balaban J connectivity index is 1.59. The number of anilines is 1. The number of benzene rings is 1. The van der Waals surface area contributed by atoms with Crippen LogP contribution in [-0.2, 0) is 0 Å². The maximum absolute atomic E-state index is 13.2. The highest BCUT2D eigenvalue weighted by Gasteiger charge is 2.29. The molecule has 2 aromatic rings. The molecule has 0 bridgehead atoms. The van der Waals surface area contributed by atoms with Crippen molar-refractivity contribution in [2.24, 2.45) is 0 Å². The smallest absolute Gasteiger partial charge is 0.254 e. The van der Waals surface area contributed by atoms with Crippen LogP contribution in [0.15, 0.2) is 48.7 Å². The van der Waals surface area contributed by atoms with Crippen molar-refractivity contribution < 1.29 is 4.79 Å². The normalized spacial score (nSPS) is 20.7. The van der Waals surface area contributed by atoms with Gasteiger partial charge in [-0.1, -0.05) is 30.3 Å². The number of hydrogen-bond acceptors (Lipinski definition) is 4. The van der Waals surface area contributed by atoms with Crippen molar-refractivity contribution in [3.63, 3.8) is 0 Å². The molecule has 2 fully saturated rings. The number of amides is 1. The Bertz CT molecular complexity index is 727. The average Bonchev–Trinajstić information content (AvgIpc) is 3.23. The molecule has 0 radical (unpaired) electrons. The summed E-state index contributed by atoms with van der Waals surface area (Å²) in [7, 11) is 0. The summed E-state index contributed by atoms with van der Waals surface area (Å²) >= 11 is 0. The van der Waals surface area contributed by atoms with Gasteiger partial charge in [0.05, 0.1) is 6.04 Å². The second kappa shape index (κ2) is 7.23. The fourth-order valence-electron chi connectivity index (χ4n) is 3.76. The quantitative estimate of drug-likeness (QED) is 0.935. The number of rotatable bonds is 3. The first-order valence-electron chi connectivity index (χ1n) is 9.10. The first-order valence-corrected chi connectivity index (χ1v) is 9.10. The summed E-state index contributed by atoms with van der Waals surface area (Å²) in [6, 6.07) is 14.1. The van der Waals surface area contributed by atoms with Crippen LogP contribution >= 0.6 is 0 Å². The van der Waals surface area contributed by atoms with E-state index in [1.165, 1.54) is 18.4 Å². The van der Waals surface area contributed by atoms with Crippen LogP contribution in [0.1, 0.15) is 34.8 Å². The van der Waals surface area contributed by atoms with Crippen molar-refractivity contribution in [1.29, 1.82) is 0 Å². The summed E-state index contributed by atoms with van der Waals surface area (Å²) in [6.07, 6.45) is 4.17. The number of aromatic nitrogens is 1. The first-order chi connectivity index (χ1) is 12.3. The predicted molar refractivity (Wildman–Crippen MR) is 98.8 cm³/mol. The molecule has 3 heterocycles. The van der Waals surface area contributed by atoms with Gasteiger partial charge in [-0.2, -0.15) is 0 Å². The molecule has 5 nitrogen and oxygen atoms in total. The lowest BCUT2D eigenvalue weighted by molar-refractivity contribution is 0.0634. The van der Waals surface area contributed by atoms with Gasteiger partial charge in [0.15, 0.2) is 0 Å². The van der Waals surface area contributed by atoms with Gasteiger partial charge in [0.2, 0.25) is 0 Å². The number of hydrogen-bond donors (Lipinski definition) is 1. The van der Waals surface area contributed by atoms with Gasteiger partial charge in [0, 0.05) is 44.5 Å². The van der Waals surface area contributed by atoms with Gasteiger partial charge in [-0.25, -0.2) is 4.98 Å². The van der Waals surface area contributed by atoms with E-state index in [4.69, 9.17) is 0 Å². The van der Waals surface area contributed by atoms with Crippen LogP contribution in [0.4, 0.5) is 5.82 Å². The van der Waals surface area contributed by atoms with E-state index in [0.717, 1.165) is 44.1 Å². The average molecular weight is 336 g/mol. The van der Waals surface area contributed by atoms with Crippen LogP contribution in [0.25, 0.3) is 0 Å². The highest BCUT2D eigenvalue weighted by molar-refractivity contribution is 5.95. The molecule has 0 saturated carbocycles. The number of piperazine rings is 1. The molecule has 5 heteroatoms. The van der Waals surface area contributed by atoms with Gasteiger partial charge in [0.25, 0.3) is 5.91 Å². The Kier molecular flexibility index (Phi) is 4.65. The predicted octanol–water partition coefficient (Wildman–Crippen LogP) is 2.47. The van der Waals surface area contributed by atoms with Crippen LogP contribution in [0, 0.1) is 0 Å². The standard InChI is InChI=1S/C20H24N4O/c25-20(17-8-9-22-19(14-17)23-11-4-5-12-23)24-13-10-21-15-18(24)16-6-2-1-3-7-16/h1-3,6-9,14,18,21H,4-5,10-13,15H2/t18-/m1/s1. The fraction of sp³-hybridized carbons (Fsp3) is 0.400. The van der Waals surface area contributed by atoms with E-state index < -0.39 is 0 Å². The lowest BCUT2D eigenvalue weighted by Crippen LogP contribution is -2.48. The van der Waals surface area contributed by atoms with Crippen molar-refractivity contribution in [2.45, 2.75) is 18.9 Å². The van der Waals surface area contributed by atoms with Crippen molar-refractivity contribution in [3.05, 3.63) is 59.8 Å². The van der Waals surface area contributed by atoms with Crippen LogP contribution in [0.3, 0.4) is 0 Å². The number of nitrogens with one attached hydrogen (secondary N) is 1. The maximum Gasteiger partial charge on any atom is 0.254 e. The van der Waals surface area contributed by atoms with E-state index in [0.29, 0.717) is 0 Å². The molecule has 130 valence electrons. The number of nitrogens with zero attached hydrogens (tertiary/aromatic N) is 3. The van der Waals surface area contributed by atoms with Gasteiger partial charge in [-0.15, -0.1) is 0 Å². The van der Waals surface area contributed by atoms with Crippen molar-refractivity contribution in [2.75, 3.05) is 37.6 Å². The number of pyridine rings is 1. The van der Waals surface area contributed by atoms with E-state index >= 15 is 0 Å². The molecule has 1 atom stereocenters. The molecule has 1 amide bonds. The largest absolute Gasteiger partial charge is 0.357 e. The molecule has 2 saturated heterocycles. The Morgan fingerprint density at radius 3 is 2.68 bits per heavy atom. The van der Waals surface area contributed by atoms with Gasteiger partial charge < -0.3 is 15.1 Å². The van der Waals surface area contributed by atoms with Crippen molar-refractivity contribution >= 4 is 11.7 Å². The molecule has 0 aliphatic carbocycles. The van der Waals surface area contributed by atoms with E-state index in [9.17, 15) is 4.79 Å². The Hall–Kier alpha value is -2.40. The minimum Gasteiger partial charge on any atom is -0.357 e. The monoisotopic (exact) mass is 336 g/mol. The third kappa shape index (κ3) is 3.37. The Morgan fingerprint density at radius 2 is 1.88 bits per heavy atom. The van der Waals surface area contributed by atoms with Crippen molar-refractivity contribution in [3.8, 4) is 0 Å². The summed E-state index contributed by atoms with van der Waals surface area (Å²) < 4.78 is 0. The van der Waals surface area contributed by atoms with Crippen LogP contribution < -0.4 is 10.2 Å². The van der Waals surface area contributed by atoms with Gasteiger partial charge in [-0.3, -0.25) is 4.79 Å². The van der Waals surface area contributed by atoms with E-state index in [1.54, 1.807) is 6.20 Å². The van der Waals surface area contributed by atoms with Crippen LogP contribution in [-0.4, -0.2) is 48.5 Å². The minimum absolute atomic E-state index is 0.0749. The summed E-state index contributed by atoms with van der Waals surface area (Å²) in [5.74, 6) is 1.02. The molecule has 0 unspecified atom stereocenters. The molecule has 0 spiro atoms. The zero-order valence-electron chi connectivity index (χ0n) is 14.4. The highest BCUT2D eigenvalue weighted by atomic mass is 16.2. The topological polar surface area (TPSA) is 48.5 Å². The SMILES string of the molecule is O=C(c1ccnc(N2CCCC2)c1)N1CCNC[C@@H]1c1ccccc1. The fourth-order valence-corrected chi connectivity index (χ4v) is 3.76. The van der Waals surface area contributed by atoms with E-state index in [2.05, 4.69) is 27.3 Å². The lowest BCUT2D eigenvalue weighted by atomic mass is 10.0. The molecule has 2 aliphatic heterocycles. The summed E-state index contributed by atoms with van der Waals surface area (Å²) in [5, 5.41) is 3.41. The van der Waals surface area contributed by atoms with Gasteiger partial charge in [-0.05, 0) is 30.5 Å². The maximum atomic E-state index is 13.2. The second-order valence-corrected chi connectivity index (χ2v) is 6.73. The number of carbonyl (C=O) groups is 1. The molecular formula is C20H24N4O. The van der Waals surface area contributed by atoms with E-state index in [-0.39, 0.29) is 11.9 Å². The van der Waals surface area contributed by atoms with Crippen molar-refractivity contribution in [1.82, 2.24) is 15.2 Å². The summed E-state index contributed by atoms with van der Waals surface area (Å²) in [6.45, 7) is 4.41. The highest BCUT2D eigenvalue weighted by Crippen LogP contribution is 2.25. The molecule has 1 N–H and O–H groups in total. The van der Waals surface area contributed by atoms with Gasteiger partial charge in [0.1, 0.15) is 5.82 Å². The molecule has 1 aromatic carbocycles. The Morgan fingerprint density at radius 1 is 1.08 bits per heavy atom. The zero-order valence-corrected chi connectivity index (χ0v) is 14.4. The summed E-state index contributed by atoms with van der Waals surface area (Å²) in [4.78, 5) is 21.9. The zero-order chi connectivity index (χ0) is 17.1. The van der Waals surface area contributed by atoms with Crippen LogP contribution in [0.5, 0.6) is 0 Å². The molecular weight excluding hydrogens is 312 g/mol. The second-order valence-electron chi connectivity index (χ2n) is 6.73. The molecule has 25 heavy (non-hydrogen) atoms. The van der Waals surface area contributed by atoms with Crippen LogP contribution in [0.2, 0.25) is 0 Å². The third-order valence-corrected chi connectivity index (χ3v) is 5.11.